The van der Waals surface area contributed by atoms with Gasteiger partial charge in [-0.3, -0.25) is 14.5 Å². The van der Waals surface area contributed by atoms with Crippen molar-refractivity contribution in [2.75, 3.05) is 13.7 Å². The number of hydrogen-bond donors (Lipinski definition) is 0. The van der Waals surface area contributed by atoms with E-state index in [0.717, 1.165) is 11.3 Å². The van der Waals surface area contributed by atoms with E-state index in [9.17, 15) is 22.8 Å². The molecule has 1 saturated heterocycles. The van der Waals surface area contributed by atoms with Crippen molar-refractivity contribution in [3.05, 3.63) is 54.1 Å². The lowest BCUT2D eigenvalue weighted by Crippen LogP contribution is -2.56. The first-order valence-corrected chi connectivity index (χ1v) is 11.0. The monoisotopic (exact) mass is 446 g/mol. The van der Waals surface area contributed by atoms with Crippen LogP contribution in [0.3, 0.4) is 0 Å². The summed E-state index contributed by atoms with van der Waals surface area (Å²) in [6.45, 7) is 2.23. The molecule has 2 aromatic rings. The van der Waals surface area contributed by atoms with Gasteiger partial charge in [-0.05, 0) is 48.4 Å². The Bertz CT molecular complexity index is 1080. The lowest BCUT2D eigenvalue weighted by molar-refractivity contribution is -0.139. The number of methoxy groups -OCH3 is 1. The average molecular weight is 446 g/mol. The topological polar surface area (TPSA) is 110 Å². The van der Waals surface area contributed by atoms with Gasteiger partial charge in [-0.2, -0.15) is 4.31 Å². The van der Waals surface area contributed by atoms with Gasteiger partial charge in [0.1, 0.15) is 17.9 Å². The Labute approximate surface area is 180 Å². The van der Waals surface area contributed by atoms with E-state index in [0.29, 0.717) is 23.7 Å². The number of rotatable bonds is 8. The van der Waals surface area contributed by atoms with E-state index in [1.54, 1.807) is 24.3 Å². The highest BCUT2D eigenvalue weighted by molar-refractivity contribution is 7.90. The smallest absolute Gasteiger partial charge is 0.348 e. The van der Waals surface area contributed by atoms with Crippen molar-refractivity contribution in [2.24, 2.45) is 0 Å². The SMILES string of the molecule is CCCOc1ccc(S(=O)(=O)N2C(=O)CC(=O)N(Cc3ccc(OC)cc3)C2=O)cc1. The molecule has 0 radical (unpaired) electrons. The quantitative estimate of drug-likeness (QED) is 0.573. The van der Waals surface area contributed by atoms with Gasteiger partial charge >= 0.3 is 6.03 Å². The molecule has 4 amide bonds. The highest BCUT2D eigenvalue weighted by Gasteiger charge is 2.45. The molecule has 164 valence electrons. The summed E-state index contributed by atoms with van der Waals surface area (Å²) < 4.78 is 36.7. The fourth-order valence-corrected chi connectivity index (χ4v) is 4.29. The Balaban J connectivity index is 1.85. The minimum absolute atomic E-state index is 0.153. The van der Waals surface area contributed by atoms with Gasteiger partial charge < -0.3 is 9.47 Å². The third kappa shape index (κ3) is 4.69. The summed E-state index contributed by atoms with van der Waals surface area (Å²) in [5, 5.41) is 0. The number of ether oxygens (including phenoxy) is 2. The highest BCUT2D eigenvalue weighted by atomic mass is 32.2. The maximum absolute atomic E-state index is 13.0. The summed E-state index contributed by atoms with van der Waals surface area (Å²) in [6.07, 6.45) is 0.0632. The van der Waals surface area contributed by atoms with Gasteiger partial charge in [0.2, 0.25) is 5.91 Å². The lowest BCUT2D eigenvalue weighted by atomic mass is 10.2. The molecule has 0 atom stereocenters. The van der Waals surface area contributed by atoms with Crippen LogP contribution in [0, 0.1) is 0 Å². The molecule has 0 aliphatic carbocycles. The molecule has 31 heavy (non-hydrogen) atoms. The van der Waals surface area contributed by atoms with E-state index < -0.39 is 34.3 Å². The Hall–Kier alpha value is -3.40. The summed E-state index contributed by atoms with van der Waals surface area (Å²) in [4.78, 5) is 38.1. The number of amides is 4. The number of carbonyl (C=O) groups is 3. The second-order valence-electron chi connectivity index (χ2n) is 6.77. The molecule has 0 N–H and O–H groups in total. The number of urea groups is 1. The highest BCUT2D eigenvalue weighted by Crippen LogP contribution is 2.25. The van der Waals surface area contributed by atoms with Gasteiger partial charge in [-0.25, -0.2) is 13.2 Å². The largest absolute Gasteiger partial charge is 0.497 e. The first-order chi connectivity index (χ1) is 14.8. The van der Waals surface area contributed by atoms with Crippen molar-refractivity contribution in [3.63, 3.8) is 0 Å². The van der Waals surface area contributed by atoms with Gasteiger partial charge in [0.15, 0.2) is 0 Å². The Morgan fingerprint density at radius 3 is 2.10 bits per heavy atom. The third-order valence-corrected chi connectivity index (χ3v) is 6.28. The first-order valence-electron chi connectivity index (χ1n) is 9.56. The van der Waals surface area contributed by atoms with Gasteiger partial charge in [0.05, 0.1) is 25.2 Å². The molecule has 10 heteroatoms. The normalized spacial score (nSPS) is 14.7. The standard InChI is InChI=1S/C21H22N2O7S/c1-3-12-30-17-8-10-18(11-9-17)31(27,28)23-20(25)13-19(24)22(21(23)26)14-15-4-6-16(29-2)7-5-15/h4-11H,3,12-14H2,1-2H3. The van der Waals surface area contributed by atoms with Crippen LogP contribution in [0.25, 0.3) is 0 Å². The molecule has 1 aliphatic heterocycles. The van der Waals surface area contributed by atoms with E-state index in [-0.39, 0.29) is 15.7 Å². The third-order valence-electron chi connectivity index (χ3n) is 4.57. The predicted octanol–water partition coefficient (Wildman–Crippen LogP) is 2.55. The molecule has 0 bridgehead atoms. The molecule has 1 aliphatic rings. The zero-order chi connectivity index (χ0) is 22.6. The second kappa shape index (κ2) is 9.17. The number of carbonyl (C=O) groups excluding carboxylic acids is 3. The first kappa shape index (κ1) is 22.3. The fourth-order valence-electron chi connectivity index (χ4n) is 2.96. The predicted molar refractivity (Wildman–Crippen MR) is 110 cm³/mol. The summed E-state index contributed by atoms with van der Waals surface area (Å²) in [7, 11) is -2.99. The summed E-state index contributed by atoms with van der Waals surface area (Å²) in [5.74, 6) is -0.799. The van der Waals surface area contributed by atoms with Crippen LogP contribution in [0.5, 0.6) is 11.5 Å². The number of barbiturate groups is 1. The number of nitrogens with zero attached hydrogens (tertiary/aromatic N) is 2. The number of hydrogen-bond acceptors (Lipinski definition) is 7. The summed E-state index contributed by atoms with van der Waals surface area (Å²) >= 11 is 0. The van der Waals surface area contributed by atoms with Crippen molar-refractivity contribution in [1.82, 2.24) is 9.21 Å². The zero-order valence-electron chi connectivity index (χ0n) is 17.1. The van der Waals surface area contributed by atoms with Crippen molar-refractivity contribution < 1.29 is 32.3 Å². The van der Waals surface area contributed by atoms with Crippen LogP contribution in [0.15, 0.2) is 53.4 Å². The van der Waals surface area contributed by atoms with Gasteiger partial charge in [0.25, 0.3) is 15.9 Å². The van der Waals surface area contributed by atoms with Crippen LogP contribution >= 0.6 is 0 Å². The number of benzene rings is 2. The molecule has 0 aromatic heterocycles. The van der Waals surface area contributed by atoms with E-state index >= 15 is 0 Å². The molecule has 0 spiro atoms. The van der Waals surface area contributed by atoms with Crippen LogP contribution in [-0.4, -0.2) is 49.2 Å². The molecular formula is C21H22N2O7S. The molecule has 2 aromatic carbocycles. The second-order valence-corrected chi connectivity index (χ2v) is 8.56. The maximum Gasteiger partial charge on any atom is 0.348 e. The number of imide groups is 2. The maximum atomic E-state index is 13.0. The molecule has 1 fully saturated rings. The van der Waals surface area contributed by atoms with Crippen molar-refractivity contribution in [1.29, 1.82) is 0 Å². The minimum atomic E-state index is -4.49. The molecule has 9 nitrogen and oxygen atoms in total. The molecular weight excluding hydrogens is 424 g/mol. The fraction of sp³-hybridized carbons (Fsp3) is 0.286. The van der Waals surface area contributed by atoms with Gasteiger partial charge in [-0.1, -0.05) is 19.1 Å². The van der Waals surface area contributed by atoms with Crippen molar-refractivity contribution in [2.45, 2.75) is 31.2 Å². The van der Waals surface area contributed by atoms with Gasteiger partial charge in [-0.15, -0.1) is 0 Å². The average Bonchev–Trinajstić information content (AvgIpc) is 2.75. The lowest BCUT2D eigenvalue weighted by Gasteiger charge is -2.32. The van der Waals surface area contributed by atoms with Gasteiger partial charge in [0, 0.05) is 0 Å². The Kier molecular flexibility index (Phi) is 6.59. The van der Waals surface area contributed by atoms with E-state index in [4.69, 9.17) is 9.47 Å². The van der Waals surface area contributed by atoms with E-state index in [2.05, 4.69) is 0 Å². The van der Waals surface area contributed by atoms with Crippen molar-refractivity contribution in [3.8, 4) is 11.5 Å². The molecule has 0 unspecified atom stereocenters. The summed E-state index contributed by atoms with van der Waals surface area (Å²) in [6, 6.07) is 10.8. The van der Waals surface area contributed by atoms with Crippen LogP contribution in [0.4, 0.5) is 4.79 Å². The molecule has 1 heterocycles. The molecule has 3 rings (SSSR count). The number of sulfonamides is 1. The van der Waals surface area contributed by atoms with Crippen LogP contribution in [0.2, 0.25) is 0 Å². The van der Waals surface area contributed by atoms with E-state index in [1.807, 2.05) is 6.92 Å². The molecule has 0 saturated carbocycles. The summed E-state index contributed by atoms with van der Waals surface area (Å²) in [5.41, 5.74) is 0.576. The van der Waals surface area contributed by atoms with E-state index in [1.165, 1.54) is 31.4 Å². The van der Waals surface area contributed by atoms with Crippen LogP contribution in [-0.2, 0) is 26.2 Å². The Morgan fingerprint density at radius 2 is 1.52 bits per heavy atom. The van der Waals surface area contributed by atoms with Crippen LogP contribution < -0.4 is 9.47 Å². The minimum Gasteiger partial charge on any atom is -0.497 e. The van der Waals surface area contributed by atoms with Crippen molar-refractivity contribution >= 4 is 27.9 Å². The van der Waals surface area contributed by atoms with Crippen LogP contribution in [0.1, 0.15) is 25.3 Å². The zero-order valence-corrected chi connectivity index (χ0v) is 17.9. The Morgan fingerprint density at radius 1 is 0.903 bits per heavy atom.